The molecule has 1 rings (SSSR count). The maximum atomic E-state index is 12.1. The van der Waals surface area contributed by atoms with Crippen LogP contribution in [0.25, 0.3) is 0 Å². The van der Waals surface area contributed by atoms with Gasteiger partial charge in [-0.05, 0) is 26.1 Å². The SMILES string of the molecule is CC(C)C(CN(C)C)NC(=O)c1cnc(Cl)c(Cl)c1. The van der Waals surface area contributed by atoms with Gasteiger partial charge < -0.3 is 10.2 Å². The molecule has 6 heteroatoms. The number of likely N-dealkylation sites (N-methyl/N-ethyl adjacent to an activating group) is 1. The van der Waals surface area contributed by atoms with Gasteiger partial charge in [0.25, 0.3) is 5.91 Å². The molecule has 1 heterocycles. The molecule has 4 nitrogen and oxygen atoms in total. The summed E-state index contributed by atoms with van der Waals surface area (Å²) in [5.74, 6) is 0.147. The summed E-state index contributed by atoms with van der Waals surface area (Å²) in [4.78, 5) is 18.0. The van der Waals surface area contributed by atoms with Gasteiger partial charge in [-0.1, -0.05) is 37.0 Å². The summed E-state index contributed by atoms with van der Waals surface area (Å²) in [7, 11) is 3.95. The van der Waals surface area contributed by atoms with Crippen LogP contribution in [0.3, 0.4) is 0 Å². The quantitative estimate of drug-likeness (QED) is 0.851. The zero-order valence-electron chi connectivity index (χ0n) is 11.6. The number of hydrogen-bond donors (Lipinski definition) is 1. The molecular formula is C13H19Cl2N3O. The minimum Gasteiger partial charge on any atom is -0.348 e. The van der Waals surface area contributed by atoms with Crippen molar-refractivity contribution in [2.75, 3.05) is 20.6 Å². The van der Waals surface area contributed by atoms with Gasteiger partial charge in [-0.25, -0.2) is 4.98 Å². The molecule has 0 aromatic carbocycles. The molecule has 0 fully saturated rings. The van der Waals surface area contributed by atoms with Crippen LogP contribution in [0.2, 0.25) is 10.2 Å². The highest BCUT2D eigenvalue weighted by Gasteiger charge is 2.18. The van der Waals surface area contributed by atoms with Gasteiger partial charge in [0.2, 0.25) is 0 Å². The van der Waals surface area contributed by atoms with Gasteiger partial charge in [0.1, 0.15) is 5.15 Å². The summed E-state index contributed by atoms with van der Waals surface area (Å²) in [6.45, 7) is 4.92. The molecule has 1 aromatic rings. The number of pyridine rings is 1. The summed E-state index contributed by atoms with van der Waals surface area (Å²) in [6.07, 6.45) is 1.43. The Bertz CT molecular complexity index is 450. The molecule has 1 N–H and O–H groups in total. The first kappa shape index (κ1) is 16.2. The summed E-state index contributed by atoms with van der Waals surface area (Å²) in [6, 6.07) is 1.59. The Morgan fingerprint density at radius 1 is 1.42 bits per heavy atom. The predicted octanol–water partition coefficient (Wildman–Crippen LogP) is 2.70. The van der Waals surface area contributed by atoms with E-state index in [-0.39, 0.29) is 22.1 Å². The number of nitrogens with zero attached hydrogens (tertiary/aromatic N) is 2. The largest absolute Gasteiger partial charge is 0.348 e. The number of amides is 1. The molecule has 0 saturated heterocycles. The molecule has 0 aliphatic carbocycles. The minimum atomic E-state index is -0.188. The Hall–Kier alpha value is -0.840. The maximum absolute atomic E-state index is 12.1. The third kappa shape index (κ3) is 4.97. The lowest BCUT2D eigenvalue weighted by molar-refractivity contribution is 0.0916. The number of halogens is 2. The van der Waals surface area contributed by atoms with Crippen LogP contribution in [0.5, 0.6) is 0 Å². The summed E-state index contributed by atoms with van der Waals surface area (Å²) in [5, 5.41) is 3.47. The summed E-state index contributed by atoms with van der Waals surface area (Å²) in [5.41, 5.74) is 0.416. The van der Waals surface area contributed by atoms with E-state index in [9.17, 15) is 4.79 Å². The van der Waals surface area contributed by atoms with Gasteiger partial charge in [0.15, 0.2) is 0 Å². The molecule has 106 valence electrons. The van der Waals surface area contributed by atoms with E-state index in [4.69, 9.17) is 23.2 Å². The van der Waals surface area contributed by atoms with Crippen LogP contribution in [0.1, 0.15) is 24.2 Å². The van der Waals surface area contributed by atoms with Crippen LogP contribution in [0, 0.1) is 5.92 Å². The Balaban J connectivity index is 2.78. The molecule has 1 aromatic heterocycles. The first-order valence-corrected chi connectivity index (χ1v) is 6.83. The van der Waals surface area contributed by atoms with Crippen molar-refractivity contribution >= 4 is 29.1 Å². The second-order valence-electron chi connectivity index (χ2n) is 5.08. The lowest BCUT2D eigenvalue weighted by Crippen LogP contribution is -2.45. The molecule has 1 unspecified atom stereocenters. The van der Waals surface area contributed by atoms with Crippen molar-refractivity contribution in [3.05, 3.63) is 28.0 Å². The van der Waals surface area contributed by atoms with Crippen LogP contribution in [0.4, 0.5) is 0 Å². The monoisotopic (exact) mass is 303 g/mol. The van der Waals surface area contributed by atoms with Crippen molar-refractivity contribution in [2.45, 2.75) is 19.9 Å². The highest BCUT2D eigenvalue weighted by Crippen LogP contribution is 2.19. The highest BCUT2D eigenvalue weighted by molar-refractivity contribution is 6.41. The lowest BCUT2D eigenvalue weighted by atomic mass is 10.0. The van der Waals surface area contributed by atoms with E-state index in [1.807, 2.05) is 19.0 Å². The average Bonchev–Trinajstić information content (AvgIpc) is 2.31. The van der Waals surface area contributed by atoms with Crippen LogP contribution in [-0.2, 0) is 0 Å². The number of hydrogen-bond acceptors (Lipinski definition) is 3. The smallest absolute Gasteiger partial charge is 0.253 e. The zero-order chi connectivity index (χ0) is 14.6. The molecule has 0 saturated carbocycles. The van der Waals surface area contributed by atoms with Crippen molar-refractivity contribution in [1.29, 1.82) is 0 Å². The van der Waals surface area contributed by atoms with Crippen molar-refractivity contribution < 1.29 is 4.79 Å². The number of carbonyl (C=O) groups is 1. The van der Waals surface area contributed by atoms with Crippen molar-refractivity contribution in [3.8, 4) is 0 Å². The normalized spacial score (nSPS) is 12.8. The average molecular weight is 304 g/mol. The van der Waals surface area contributed by atoms with Crippen LogP contribution in [0.15, 0.2) is 12.3 Å². The van der Waals surface area contributed by atoms with Crippen molar-refractivity contribution in [3.63, 3.8) is 0 Å². The van der Waals surface area contributed by atoms with Crippen molar-refractivity contribution in [1.82, 2.24) is 15.2 Å². The summed E-state index contributed by atoms with van der Waals surface area (Å²) < 4.78 is 0. The van der Waals surface area contributed by atoms with E-state index in [1.165, 1.54) is 12.3 Å². The van der Waals surface area contributed by atoms with E-state index in [0.717, 1.165) is 6.54 Å². The molecule has 0 radical (unpaired) electrons. The fourth-order valence-corrected chi connectivity index (χ4v) is 1.88. The van der Waals surface area contributed by atoms with E-state index in [2.05, 4.69) is 24.1 Å². The molecule has 1 amide bonds. The number of nitrogens with one attached hydrogen (secondary N) is 1. The Morgan fingerprint density at radius 2 is 2.05 bits per heavy atom. The van der Waals surface area contributed by atoms with Gasteiger partial charge in [0, 0.05) is 18.8 Å². The molecule has 1 atom stereocenters. The Labute approximate surface area is 124 Å². The maximum Gasteiger partial charge on any atom is 0.253 e. The third-order valence-electron chi connectivity index (χ3n) is 2.74. The van der Waals surface area contributed by atoms with E-state index < -0.39 is 0 Å². The standard InChI is InChI=1S/C13H19Cl2N3O/c1-8(2)11(7-18(3)4)17-13(19)9-5-10(14)12(15)16-6-9/h5-6,8,11H,7H2,1-4H3,(H,17,19). The van der Waals surface area contributed by atoms with Gasteiger partial charge in [-0.15, -0.1) is 0 Å². The van der Waals surface area contributed by atoms with Crippen molar-refractivity contribution in [2.24, 2.45) is 5.92 Å². The fourth-order valence-electron chi connectivity index (χ4n) is 1.61. The van der Waals surface area contributed by atoms with E-state index in [0.29, 0.717) is 11.5 Å². The van der Waals surface area contributed by atoms with Crippen LogP contribution in [-0.4, -0.2) is 42.5 Å². The lowest BCUT2D eigenvalue weighted by Gasteiger charge is -2.25. The molecule has 0 spiro atoms. The second-order valence-corrected chi connectivity index (χ2v) is 5.85. The molecule has 0 aliphatic heterocycles. The van der Waals surface area contributed by atoms with Gasteiger partial charge in [-0.3, -0.25) is 4.79 Å². The fraction of sp³-hybridized carbons (Fsp3) is 0.538. The second kappa shape index (κ2) is 7.08. The van der Waals surface area contributed by atoms with Crippen LogP contribution >= 0.6 is 23.2 Å². The third-order valence-corrected chi connectivity index (χ3v) is 3.43. The van der Waals surface area contributed by atoms with Gasteiger partial charge in [0.05, 0.1) is 10.6 Å². The number of aromatic nitrogens is 1. The Morgan fingerprint density at radius 3 is 2.53 bits per heavy atom. The highest BCUT2D eigenvalue weighted by atomic mass is 35.5. The van der Waals surface area contributed by atoms with Crippen LogP contribution < -0.4 is 5.32 Å². The number of carbonyl (C=O) groups excluding carboxylic acids is 1. The first-order chi connectivity index (χ1) is 8.81. The van der Waals surface area contributed by atoms with Gasteiger partial charge in [-0.2, -0.15) is 0 Å². The first-order valence-electron chi connectivity index (χ1n) is 6.08. The predicted molar refractivity (Wildman–Crippen MR) is 78.9 cm³/mol. The topological polar surface area (TPSA) is 45.2 Å². The number of rotatable bonds is 5. The Kier molecular flexibility index (Phi) is 6.04. The van der Waals surface area contributed by atoms with Gasteiger partial charge >= 0.3 is 0 Å². The summed E-state index contributed by atoms with van der Waals surface area (Å²) >= 11 is 11.6. The van der Waals surface area contributed by atoms with E-state index >= 15 is 0 Å². The molecular weight excluding hydrogens is 285 g/mol. The minimum absolute atomic E-state index is 0.0666. The van der Waals surface area contributed by atoms with E-state index in [1.54, 1.807) is 0 Å². The molecule has 0 aliphatic rings. The zero-order valence-corrected chi connectivity index (χ0v) is 13.1. The molecule has 19 heavy (non-hydrogen) atoms. The molecule has 0 bridgehead atoms.